The molecule has 3 N–H and O–H groups in total. The molecule has 0 saturated carbocycles. The maximum atomic E-state index is 12.1. The molecule has 0 unspecified atom stereocenters. The average Bonchev–Trinajstić information content (AvgIpc) is 2.44. The highest BCUT2D eigenvalue weighted by atomic mass is 16.6. The van der Waals surface area contributed by atoms with E-state index in [-0.39, 0.29) is 18.1 Å². The third-order valence-corrected chi connectivity index (χ3v) is 3.77. The van der Waals surface area contributed by atoms with Crippen LogP contribution in [0.3, 0.4) is 0 Å². The van der Waals surface area contributed by atoms with Crippen molar-refractivity contribution in [1.29, 1.82) is 0 Å². The Kier molecular flexibility index (Phi) is 5.21. The fraction of sp³-hybridized carbons (Fsp3) is 0.500. The van der Waals surface area contributed by atoms with E-state index in [1.165, 1.54) is 6.07 Å². The van der Waals surface area contributed by atoms with Crippen LogP contribution in [0.1, 0.15) is 37.8 Å². The van der Waals surface area contributed by atoms with Crippen LogP contribution in [-0.4, -0.2) is 16.4 Å². The van der Waals surface area contributed by atoms with Crippen LogP contribution in [0.5, 0.6) is 0 Å². The molecule has 1 rings (SSSR count). The average molecular weight is 279 g/mol. The molecule has 0 atom stereocenters. The summed E-state index contributed by atoms with van der Waals surface area (Å²) in [5.41, 5.74) is 6.46. The summed E-state index contributed by atoms with van der Waals surface area (Å²) >= 11 is 0. The number of nitrogens with one attached hydrogen (secondary N) is 1. The van der Waals surface area contributed by atoms with Crippen molar-refractivity contribution in [2.45, 2.75) is 45.7 Å². The quantitative estimate of drug-likeness (QED) is 0.615. The predicted octanol–water partition coefficient (Wildman–Crippen LogP) is 2.04. The number of nitrogens with two attached hydrogens (primary N) is 1. The van der Waals surface area contributed by atoms with Gasteiger partial charge in [-0.3, -0.25) is 14.9 Å². The lowest BCUT2D eigenvalue weighted by Gasteiger charge is -2.25. The zero-order valence-electron chi connectivity index (χ0n) is 12.1. The van der Waals surface area contributed by atoms with Gasteiger partial charge < -0.3 is 11.1 Å². The van der Waals surface area contributed by atoms with Crippen molar-refractivity contribution in [3.8, 4) is 0 Å². The molecule has 0 heterocycles. The van der Waals surface area contributed by atoms with E-state index in [2.05, 4.69) is 5.32 Å². The smallest absolute Gasteiger partial charge is 0.272 e. The van der Waals surface area contributed by atoms with Crippen molar-refractivity contribution in [2.24, 2.45) is 5.73 Å². The van der Waals surface area contributed by atoms with Crippen LogP contribution in [0.2, 0.25) is 0 Å². The van der Waals surface area contributed by atoms with Crippen molar-refractivity contribution in [2.75, 3.05) is 0 Å². The van der Waals surface area contributed by atoms with E-state index in [4.69, 9.17) is 5.73 Å². The van der Waals surface area contributed by atoms with Gasteiger partial charge in [0, 0.05) is 18.2 Å². The highest BCUT2D eigenvalue weighted by Crippen LogP contribution is 2.21. The van der Waals surface area contributed by atoms with E-state index in [1.807, 2.05) is 13.8 Å². The second-order valence-electron chi connectivity index (χ2n) is 4.86. The van der Waals surface area contributed by atoms with Crippen molar-refractivity contribution in [3.63, 3.8) is 0 Å². The lowest BCUT2D eigenvalue weighted by atomic mass is 9.93. The van der Waals surface area contributed by atoms with Gasteiger partial charge in [-0.2, -0.15) is 0 Å². The molecule has 0 fully saturated rings. The third kappa shape index (κ3) is 3.33. The Morgan fingerprint density at radius 1 is 1.40 bits per heavy atom. The third-order valence-electron chi connectivity index (χ3n) is 3.77. The molecule has 1 aromatic rings. The highest BCUT2D eigenvalue weighted by Gasteiger charge is 2.29. The van der Waals surface area contributed by atoms with Gasteiger partial charge in [-0.05, 0) is 25.3 Å². The van der Waals surface area contributed by atoms with Gasteiger partial charge in [-0.15, -0.1) is 0 Å². The Morgan fingerprint density at radius 2 is 2.00 bits per heavy atom. The molecule has 0 aromatic heterocycles. The van der Waals surface area contributed by atoms with Crippen LogP contribution in [-0.2, 0) is 11.3 Å². The van der Waals surface area contributed by atoms with Crippen molar-refractivity contribution in [1.82, 2.24) is 5.32 Å². The molecular formula is C14H21N3O3. The summed E-state index contributed by atoms with van der Waals surface area (Å²) in [7, 11) is 0. The number of benzene rings is 1. The van der Waals surface area contributed by atoms with E-state index < -0.39 is 10.5 Å². The topological polar surface area (TPSA) is 98.3 Å². The Morgan fingerprint density at radius 3 is 2.50 bits per heavy atom. The molecule has 0 aliphatic carbocycles. The zero-order valence-corrected chi connectivity index (χ0v) is 12.1. The van der Waals surface area contributed by atoms with Crippen LogP contribution in [0, 0.1) is 17.0 Å². The number of amides is 1. The zero-order chi connectivity index (χ0) is 15.3. The predicted molar refractivity (Wildman–Crippen MR) is 77.2 cm³/mol. The normalized spacial score (nSPS) is 11.2. The van der Waals surface area contributed by atoms with Gasteiger partial charge in [-0.1, -0.05) is 26.0 Å². The molecule has 110 valence electrons. The molecule has 0 bridgehead atoms. The first kappa shape index (κ1) is 16.1. The number of rotatable bonds is 6. The molecule has 0 radical (unpaired) electrons. The van der Waals surface area contributed by atoms with E-state index >= 15 is 0 Å². The second kappa shape index (κ2) is 6.47. The van der Waals surface area contributed by atoms with E-state index in [0.717, 1.165) is 5.56 Å². The molecule has 0 spiro atoms. The van der Waals surface area contributed by atoms with Gasteiger partial charge in [-0.25, -0.2) is 0 Å². The number of nitro groups is 1. The van der Waals surface area contributed by atoms with Crippen LogP contribution in [0.25, 0.3) is 0 Å². The number of nitro benzene ring substituents is 1. The number of nitrogens with zero attached hydrogens (tertiary/aromatic N) is 1. The molecule has 20 heavy (non-hydrogen) atoms. The van der Waals surface area contributed by atoms with Crippen LogP contribution in [0.4, 0.5) is 5.69 Å². The monoisotopic (exact) mass is 279 g/mol. The first-order valence-corrected chi connectivity index (χ1v) is 6.65. The first-order valence-electron chi connectivity index (χ1n) is 6.65. The van der Waals surface area contributed by atoms with Gasteiger partial charge in [0.2, 0.25) is 5.91 Å². The van der Waals surface area contributed by atoms with Crippen molar-refractivity contribution in [3.05, 3.63) is 39.4 Å². The van der Waals surface area contributed by atoms with Crippen LogP contribution < -0.4 is 11.1 Å². The fourth-order valence-electron chi connectivity index (χ4n) is 1.98. The minimum atomic E-state index is -0.880. The molecule has 0 aliphatic rings. The van der Waals surface area contributed by atoms with E-state index in [1.54, 1.807) is 19.1 Å². The largest absolute Gasteiger partial charge is 0.350 e. The molecule has 0 saturated heterocycles. The first-order chi connectivity index (χ1) is 9.35. The van der Waals surface area contributed by atoms with Crippen molar-refractivity contribution < 1.29 is 9.72 Å². The minimum Gasteiger partial charge on any atom is -0.350 e. The van der Waals surface area contributed by atoms with Gasteiger partial charge in [0.05, 0.1) is 10.5 Å². The van der Waals surface area contributed by atoms with E-state index in [9.17, 15) is 14.9 Å². The molecule has 0 aliphatic heterocycles. The van der Waals surface area contributed by atoms with Crippen LogP contribution in [0.15, 0.2) is 18.2 Å². The Balaban J connectivity index is 2.84. The van der Waals surface area contributed by atoms with E-state index in [0.29, 0.717) is 18.4 Å². The van der Waals surface area contributed by atoms with Crippen LogP contribution >= 0.6 is 0 Å². The molecule has 6 nitrogen and oxygen atoms in total. The summed E-state index contributed by atoms with van der Waals surface area (Å²) in [6.45, 7) is 5.64. The molecule has 1 amide bonds. The Bertz CT molecular complexity index is 510. The summed E-state index contributed by atoms with van der Waals surface area (Å²) in [6.07, 6.45) is 1.09. The summed E-state index contributed by atoms with van der Waals surface area (Å²) in [5.74, 6) is -0.228. The lowest BCUT2D eigenvalue weighted by molar-refractivity contribution is -0.385. The Labute approximate surface area is 118 Å². The summed E-state index contributed by atoms with van der Waals surface area (Å²) < 4.78 is 0. The number of hydrogen-bond donors (Lipinski definition) is 2. The molecule has 6 heteroatoms. The molecule has 1 aromatic carbocycles. The lowest BCUT2D eigenvalue weighted by Crippen LogP contribution is -2.52. The summed E-state index contributed by atoms with van der Waals surface area (Å²) in [4.78, 5) is 22.5. The number of carbonyl (C=O) groups excluding carboxylic acids is 1. The number of carbonyl (C=O) groups is 1. The number of hydrogen-bond acceptors (Lipinski definition) is 4. The standard InChI is InChI=1S/C14H21N3O3/c1-4-14(15,5-2)13(18)16-9-11-7-6-8-12(10(11)3)17(19)20/h6-8H,4-5,9,15H2,1-3H3,(H,16,18). The van der Waals surface area contributed by atoms with Gasteiger partial charge in [0.1, 0.15) is 0 Å². The summed E-state index contributed by atoms with van der Waals surface area (Å²) in [5, 5.41) is 13.6. The highest BCUT2D eigenvalue weighted by molar-refractivity contribution is 5.85. The fourth-order valence-corrected chi connectivity index (χ4v) is 1.98. The summed E-state index contributed by atoms with van der Waals surface area (Å²) in [6, 6.07) is 4.83. The van der Waals surface area contributed by atoms with Gasteiger partial charge >= 0.3 is 0 Å². The van der Waals surface area contributed by atoms with Crippen molar-refractivity contribution >= 4 is 11.6 Å². The SMILES string of the molecule is CCC(N)(CC)C(=O)NCc1cccc([N+](=O)[O-])c1C. The maximum Gasteiger partial charge on any atom is 0.272 e. The second-order valence-corrected chi connectivity index (χ2v) is 4.86. The minimum absolute atomic E-state index is 0.0572. The Hall–Kier alpha value is -1.95. The maximum absolute atomic E-state index is 12.1. The van der Waals surface area contributed by atoms with Gasteiger partial charge in [0.25, 0.3) is 5.69 Å². The van der Waals surface area contributed by atoms with Gasteiger partial charge in [0.15, 0.2) is 0 Å². The molecular weight excluding hydrogens is 258 g/mol.